The van der Waals surface area contributed by atoms with Crippen LogP contribution in [-0.2, 0) is 0 Å². The standard InChI is InChI=1S/C19H18ClN3/c1-19(2)6-3-14(11-19)16-9-13(4-7-21-16)17-12-22-18-10-15(20)5-8-23(17)18/h3-5,7-10,12H,6,11H2,1-2H3. The fourth-order valence-electron chi connectivity index (χ4n) is 3.19. The van der Waals surface area contributed by atoms with Gasteiger partial charge in [0.1, 0.15) is 5.65 Å². The molecule has 3 aromatic rings. The third kappa shape index (κ3) is 2.66. The van der Waals surface area contributed by atoms with Gasteiger partial charge in [0.15, 0.2) is 0 Å². The number of halogens is 1. The lowest BCUT2D eigenvalue weighted by atomic mass is 9.89. The van der Waals surface area contributed by atoms with Crippen molar-refractivity contribution in [3.05, 3.63) is 59.6 Å². The summed E-state index contributed by atoms with van der Waals surface area (Å²) in [6, 6.07) is 7.94. The fourth-order valence-corrected chi connectivity index (χ4v) is 3.34. The molecule has 0 spiro atoms. The van der Waals surface area contributed by atoms with Gasteiger partial charge in [0.25, 0.3) is 0 Å². The van der Waals surface area contributed by atoms with Crippen molar-refractivity contribution in [1.29, 1.82) is 0 Å². The summed E-state index contributed by atoms with van der Waals surface area (Å²) in [5, 5.41) is 0.698. The number of pyridine rings is 2. The molecule has 0 aromatic carbocycles. The number of nitrogens with zero attached hydrogens (tertiary/aromatic N) is 3. The Morgan fingerprint density at radius 1 is 1.17 bits per heavy atom. The monoisotopic (exact) mass is 323 g/mol. The normalized spacial score (nSPS) is 16.7. The van der Waals surface area contributed by atoms with E-state index in [0.717, 1.165) is 35.4 Å². The van der Waals surface area contributed by atoms with Gasteiger partial charge in [-0.1, -0.05) is 31.5 Å². The minimum atomic E-state index is 0.340. The molecule has 4 heteroatoms. The molecule has 1 aliphatic carbocycles. The molecule has 1 aliphatic rings. The van der Waals surface area contributed by atoms with Gasteiger partial charge in [-0.05, 0) is 42.0 Å². The third-order valence-corrected chi connectivity index (χ3v) is 4.67. The smallest absolute Gasteiger partial charge is 0.138 e. The Labute approximate surface area is 140 Å². The molecule has 0 unspecified atom stereocenters. The van der Waals surface area contributed by atoms with E-state index in [1.807, 2.05) is 36.8 Å². The molecule has 0 saturated heterocycles. The first-order valence-corrected chi connectivity index (χ1v) is 8.18. The first-order valence-electron chi connectivity index (χ1n) is 7.80. The summed E-state index contributed by atoms with van der Waals surface area (Å²) in [5.41, 5.74) is 5.78. The average Bonchev–Trinajstić information content (AvgIpc) is 3.10. The van der Waals surface area contributed by atoms with Crippen LogP contribution in [0.4, 0.5) is 0 Å². The topological polar surface area (TPSA) is 30.2 Å². The summed E-state index contributed by atoms with van der Waals surface area (Å²) in [6.07, 6.45) is 10.2. The summed E-state index contributed by atoms with van der Waals surface area (Å²) in [6.45, 7) is 4.60. The van der Waals surface area contributed by atoms with E-state index in [1.165, 1.54) is 5.57 Å². The Balaban J connectivity index is 1.76. The molecule has 0 radical (unpaired) electrons. The lowest BCUT2D eigenvalue weighted by molar-refractivity contribution is 0.403. The zero-order valence-corrected chi connectivity index (χ0v) is 14.0. The second kappa shape index (κ2) is 5.20. The van der Waals surface area contributed by atoms with Crippen LogP contribution in [0, 0.1) is 5.41 Å². The largest absolute Gasteiger partial charge is 0.300 e. The van der Waals surface area contributed by atoms with E-state index in [1.54, 1.807) is 0 Å². The highest BCUT2D eigenvalue weighted by atomic mass is 35.5. The summed E-state index contributed by atoms with van der Waals surface area (Å²) >= 11 is 6.04. The number of allylic oxidation sites excluding steroid dienone is 2. The molecule has 3 heterocycles. The molecule has 23 heavy (non-hydrogen) atoms. The maximum absolute atomic E-state index is 6.04. The quantitative estimate of drug-likeness (QED) is 0.644. The average molecular weight is 324 g/mol. The number of rotatable bonds is 2. The first kappa shape index (κ1) is 14.5. The molecule has 0 amide bonds. The molecule has 0 aliphatic heterocycles. The summed E-state index contributed by atoms with van der Waals surface area (Å²) in [5.74, 6) is 0. The zero-order valence-electron chi connectivity index (χ0n) is 13.3. The van der Waals surface area contributed by atoms with Crippen LogP contribution in [0.3, 0.4) is 0 Å². The van der Waals surface area contributed by atoms with Gasteiger partial charge < -0.3 is 0 Å². The highest BCUT2D eigenvalue weighted by Gasteiger charge is 2.25. The molecular formula is C19H18ClN3. The van der Waals surface area contributed by atoms with E-state index in [2.05, 4.69) is 40.4 Å². The number of hydrogen-bond donors (Lipinski definition) is 0. The van der Waals surface area contributed by atoms with Crippen molar-refractivity contribution in [2.24, 2.45) is 5.41 Å². The lowest BCUT2D eigenvalue weighted by Gasteiger charge is -2.16. The molecule has 0 N–H and O–H groups in total. The number of hydrogen-bond acceptors (Lipinski definition) is 2. The Kier molecular flexibility index (Phi) is 3.27. The predicted molar refractivity (Wildman–Crippen MR) is 94.4 cm³/mol. The van der Waals surface area contributed by atoms with Gasteiger partial charge >= 0.3 is 0 Å². The zero-order chi connectivity index (χ0) is 16.0. The summed E-state index contributed by atoms with van der Waals surface area (Å²) in [7, 11) is 0. The number of fused-ring (bicyclic) bond motifs is 1. The van der Waals surface area contributed by atoms with Crippen molar-refractivity contribution >= 4 is 22.8 Å². The van der Waals surface area contributed by atoms with Crippen LogP contribution < -0.4 is 0 Å². The minimum Gasteiger partial charge on any atom is -0.300 e. The Hall–Kier alpha value is -2.13. The third-order valence-electron chi connectivity index (χ3n) is 4.43. The lowest BCUT2D eigenvalue weighted by Crippen LogP contribution is -2.04. The number of imidazole rings is 1. The first-order chi connectivity index (χ1) is 11.0. The fraction of sp³-hybridized carbons (Fsp3) is 0.263. The second-order valence-corrected chi connectivity index (χ2v) is 7.36. The van der Waals surface area contributed by atoms with Gasteiger partial charge in [0, 0.05) is 29.0 Å². The van der Waals surface area contributed by atoms with Gasteiger partial charge in [0.2, 0.25) is 0 Å². The molecule has 0 bridgehead atoms. The summed E-state index contributed by atoms with van der Waals surface area (Å²) in [4.78, 5) is 9.02. The van der Waals surface area contributed by atoms with Crippen molar-refractivity contribution in [1.82, 2.24) is 14.4 Å². The SMILES string of the molecule is CC1(C)CC=C(c2cc(-c3cnc4cc(Cl)ccn34)ccn2)C1. The molecule has 4 rings (SSSR count). The Bertz CT molecular complexity index is 921. The minimum absolute atomic E-state index is 0.340. The van der Waals surface area contributed by atoms with Crippen LogP contribution in [0.25, 0.3) is 22.5 Å². The van der Waals surface area contributed by atoms with Crippen LogP contribution in [-0.4, -0.2) is 14.4 Å². The molecule has 0 atom stereocenters. The van der Waals surface area contributed by atoms with E-state index >= 15 is 0 Å². The molecule has 3 aromatic heterocycles. The molecular weight excluding hydrogens is 306 g/mol. The van der Waals surface area contributed by atoms with Gasteiger partial charge in [0.05, 0.1) is 17.6 Å². The predicted octanol–water partition coefficient (Wildman–Crippen LogP) is 5.25. The van der Waals surface area contributed by atoms with Gasteiger partial charge in [-0.25, -0.2) is 4.98 Å². The Morgan fingerprint density at radius 2 is 2.04 bits per heavy atom. The van der Waals surface area contributed by atoms with E-state index in [0.29, 0.717) is 10.4 Å². The maximum Gasteiger partial charge on any atom is 0.138 e. The van der Waals surface area contributed by atoms with Crippen molar-refractivity contribution < 1.29 is 0 Å². The van der Waals surface area contributed by atoms with Gasteiger partial charge in [-0.2, -0.15) is 0 Å². The van der Waals surface area contributed by atoms with Gasteiger partial charge in [-0.15, -0.1) is 0 Å². The molecule has 0 fully saturated rings. The van der Waals surface area contributed by atoms with Crippen LogP contribution >= 0.6 is 11.6 Å². The van der Waals surface area contributed by atoms with Crippen LogP contribution in [0.1, 0.15) is 32.4 Å². The van der Waals surface area contributed by atoms with E-state index in [4.69, 9.17) is 11.6 Å². The van der Waals surface area contributed by atoms with Crippen molar-refractivity contribution in [3.8, 4) is 11.3 Å². The van der Waals surface area contributed by atoms with Crippen LogP contribution in [0.15, 0.2) is 48.9 Å². The molecule has 0 saturated carbocycles. The highest BCUT2D eigenvalue weighted by molar-refractivity contribution is 6.30. The van der Waals surface area contributed by atoms with Crippen molar-refractivity contribution in [2.75, 3.05) is 0 Å². The van der Waals surface area contributed by atoms with Crippen molar-refractivity contribution in [3.63, 3.8) is 0 Å². The molecule has 116 valence electrons. The van der Waals surface area contributed by atoms with Crippen LogP contribution in [0.5, 0.6) is 0 Å². The Morgan fingerprint density at radius 3 is 2.83 bits per heavy atom. The van der Waals surface area contributed by atoms with E-state index in [9.17, 15) is 0 Å². The van der Waals surface area contributed by atoms with Crippen LogP contribution in [0.2, 0.25) is 5.02 Å². The van der Waals surface area contributed by atoms with E-state index in [-0.39, 0.29) is 0 Å². The van der Waals surface area contributed by atoms with E-state index < -0.39 is 0 Å². The highest BCUT2D eigenvalue weighted by Crippen LogP contribution is 2.40. The summed E-state index contributed by atoms with van der Waals surface area (Å²) < 4.78 is 2.05. The van der Waals surface area contributed by atoms with Gasteiger partial charge in [-0.3, -0.25) is 9.38 Å². The van der Waals surface area contributed by atoms with Crippen molar-refractivity contribution in [2.45, 2.75) is 26.7 Å². The molecule has 3 nitrogen and oxygen atoms in total. The second-order valence-electron chi connectivity index (χ2n) is 6.92. The maximum atomic E-state index is 6.04. The number of aromatic nitrogens is 3.